The predicted octanol–water partition coefficient (Wildman–Crippen LogP) is 3.19. The van der Waals surface area contributed by atoms with Crippen molar-refractivity contribution in [2.24, 2.45) is 0 Å². The summed E-state index contributed by atoms with van der Waals surface area (Å²) in [5, 5.41) is 6.83. The van der Waals surface area contributed by atoms with Crippen LogP contribution >= 0.6 is 11.3 Å². The van der Waals surface area contributed by atoms with Gasteiger partial charge in [0, 0.05) is 10.6 Å². The maximum absolute atomic E-state index is 13.1. The Morgan fingerprint density at radius 1 is 1.03 bits per heavy atom. The van der Waals surface area contributed by atoms with Crippen LogP contribution in [0.1, 0.15) is 58.5 Å². The molecule has 1 fully saturated rings. The van der Waals surface area contributed by atoms with E-state index in [9.17, 15) is 9.59 Å². The highest BCUT2D eigenvalue weighted by Gasteiger charge is 2.28. The number of carbonyl (C=O) groups is 2. The van der Waals surface area contributed by atoms with Crippen molar-refractivity contribution in [1.82, 2.24) is 0 Å². The molecule has 2 amide bonds. The lowest BCUT2D eigenvalue weighted by Gasteiger charge is -2.16. The number of hydrogen-bond acceptors (Lipinski definition) is 3. The molecule has 0 radical (unpaired) electrons. The summed E-state index contributed by atoms with van der Waals surface area (Å²) in [6.45, 7) is 4.63. The van der Waals surface area contributed by atoms with E-state index in [0.29, 0.717) is 12.1 Å². The van der Waals surface area contributed by atoms with E-state index in [4.69, 9.17) is 0 Å². The van der Waals surface area contributed by atoms with Gasteiger partial charge in [0.05, 0.1) is 18.7 Å². The van der Waals surface area contributed by atoms with Crippen LogP contribution in [0.15, 0.2) is 24.3 Å². The maximum Gasteiger partial charge on any atom is 0.280 e. The van der Waals surface area contributed by atoms with Crippen molar-refractivity contribution in [2.45, 2.75) is 51.9 Å². The summed E-state index contributed by atoms with van der Waals surface area (Å²) < 4.78 is 0. The van der Waals surface area contributed by atoms with Gasteiger partial charge in [-0.2, -0.15) is 0 Å². The Labute approximate surface area is 176 Å². The second-order valence-electron chi connectivity index (χ2n) is 8.27. The van der Waals surface area contributed by atoms with E-state index < -0.39 is 0 Å². The van der Waals surface area contributed by atoms with Gasteiger partial charge in [-0.1, -0.05) is 12.1 Å². The fraction of sp³-hybridized carbons (Fsp3) is 0.478. The van der Waals surface area contributed by atoms with Crippen LogP contribution in [-0.2, 0) is 17.6 Å². The van der Waals surface area contributed by atoms with Gasteiger partial charge < -0.3 is 15.5 Å². The number of anilines is 2. The highest BCUT2D eigenvalue weighted by molar-refractivity contribution is 7.17. The summed E-state index contributed by atoms with van der Waals surface area (Å²) in [4.78, 5) is 28.5. The Morgan fingerprint density at radius 2 is 1.83 bits per heavy atom. The Kier molecular flexibility index (Phi) is 6.31. The van der Waals surface area contributed by atoms with Gasteiger partial charge in [0.25, 0.3) is 11.8 Å². The second kappa shape index (κ2) is 9.09. The molecule has 1 aliphatic carbocycles. The second-order valence-corrected chi connectivity index (χ2v) is 9.38. The maximum atomic E-state index is 13.1. The molecule has 2 aliphatic rings. The first kappa shape index (κ1) is 20.1. The monoisotopic (exact) mass is 412 g/mol. The lowest BCUT2D eigenvalue weighted by molar-refractivity contribution is -0.890. The number of nitrogens with one attached hydrogen (secondary N) is 3. The highest BCUT2D eigenvalue weighted by atomic mass is 32.1. The number of aryl methyl sites for hydroxylation is 2. The van der Waals surface area contributed by atoms with Crippen molar-refractivity contribution in [3.05, 3.63) is 45.8 Å². The molecule has 3 N–H and O–H groups in total. The number of likely N-dealkylation sites (tertiary alicyclic amines) is 1. The number of carbonyl (C=O) groups excluding carboxylic acids is 2. The topological polar surface area (TPSA) is 62.6 Å². The van der Waals surface area contributed by atoms with Gasteiger partial charge in [0.1, 0.15) is 5.00 Å². The van der Waals surface area contributed by atoms with Gasteiger partial charge in [-0.05, 0) is 75.1 Å². The first-order valence-electron chi connectivity index (χ1n) is 10.8. The zero-order chi connectivity index (χ0) is 20.2. The molecule has 0 spiro atoms. The van der Waals surface area contributed by atoms with Crippen LogP contribution in [0.25, 0.3) is 0 Å². The molecule has 5 nitrogen and oxygen atoms in total. The molecule has 0 unspecified atom stereocenters. The summed E-state index contributed by atoms with van der Waals surface area (Å²) in [5.41, 5.74) is 3.69. The van der Waals surface area contributed by atoms with Crippen molar-refractivity contribution in [1.29, 1.82) is 0 Å². The van der Waals surface area contributed by atoms with Crippen LogP contribution in [0.2, 0.25) is 0 Å². The highest BCUT2D eigenvalue weighted by Crippen LogP contribution is 2.39. The smallest absolute Gasteiger partial charge is 0.280 e. The third-order valence-corrected chi connectivity index (χ3v) is 7.11. The Morgan fingerprint density at radius 3 is 2.59 bits per heavy atom. The zero-order valence-corrected chi connectivity index (χ0v) is 17.9. The van der Waals surface area contributed by atoms with E-state index in [-0.39, 0.29) is 11.8 Å². The third-order valence-electron chi connectivity index (χ3n) is 5.90. The number of amides is 2. The molecule has 1 saturated heterocycles. The minimum atomic E-state index is -0.118. The largest absolute Gasteiger partial charge is 0.327 e. The molecule has 1 aliphatic heterocycles. The van der Waals surface area contributed by atoms with Crippen molar-refractivity contribution in [3.8, 4) is 0 Å². The molecule has 4 rings (SSSR count). The Bertz CT molecular complexity index is 898. The first-order chi connectivity index (χ1) is 14.1. The molecule has 2 aromatic rings. The fourth-order valence-electron chi connectivity index (χ4n) is 4.45. The summed E-state index contributed by atoms with van der Waals surface area (Å²) in [7, 11) is 0. The van der Waals surface area contributed by atoms with E-state index in [2.05, 4.69) is 10.6 Å². The number of hydrogen-bond donors (Lipinski definition) is 3. The van der Waals surface area contributed by atoms with E-state index in [1.54, 1.807) is 11.3 Å². The molecule has 0 saturated carbocycles. The van der Waals surface area contributed by atoms with Crippen molar-refractivity contribution in [2.75, 3.05) is 30.3 Å². The van der Waals surface area contributed by atoms with Crippen LogP contribution in [-0.4, -0.2) is 31.4 Å². The van der Waals surface area contributed by atoms with E-state index >= 15 is 0 Å². The minimum absolute atomic E-state index is 0.0198. The summed E-state index contributed by atoms with van der Waals surface area (Å²) in [5.74, 6) is -0.0983. The minimum Gasteiger partial charge on any atom is -0.327 e. The van der Waals surface area contributed by atoms with Crippen LogP contribution in [0.5, 0.6) is 0 Å². The molecule has 0 atom stereocenters. The molecular formula is C23H30N3O2S+. The molecular weight excluding hydrogens is 382 g/mol. The number of benzene rings is 1. The van der Waals surface area contributed by atoms with E-state index in [0.717, 1.165) is 54.2 Å². The van der Waals surface area contributed by atoms with Gasteiger partial charge >= 0.3 is 0 Å². The number of quaternary nitrogens is 1. The average molecular weight is 413 g/mol. The van der Waals surface area contributed by atoms with Crippen LogP contribution in [0.3, 0.4) is 0 Å². The summed E-state index contributed by atoms with van der Waals surface area (Å²) >= 11 is 1.58. The summed E-state index contributed by atoms with van der Waals surface area (Å²) in [6, 6.07) is 7.81. The number of fused-ring (bicyclic) bond motifs is 1. The van der Waals surface area contributed by atoms with Gasteiger partial charge in [0.15, 0.2) is 6.54 Å². The van der Waals surface area contributed by atoms with Gasteiger partial charge in [-0.25, -0.2) is 0 Å². The predicted molar refractivity (Wildman–Crippen MR) is 118 cm³/mol. The Balaban J connectivity index is 1.50. The SMILES string of the molecule is Cc1cccc(NC(=O)c2c(NC(=O)C[NH+]3CCCCCC3)sc3c2CCC3)c1. The molecule has 1 aromatic heterocycles. The quantitative estimate of drug-likeness (QED) is 0.706. The lowest BCUT2D eigenvalue weighted by atomic mass is 10.1. The molecule has 0 bridgehead atoms. The molecule has 1 aromatic carbocycles. The van der Waals surface area contributed by atoms with Crippen molar-refractivity contribution in [3.63, 3.8) is 0 Å². The van der Waals surface area contributed by atoms with Crippen LogP contribution < -0.4 is 15.5 Å². The fourth-order valence-corrected chi connectivity index (χ4v) is 5.76. The molecule has 29 heavy (non-hydrogen) atoms. The lowest BCUT2D eigenvalue weighted by Crippen LogP contribution is -3.12. The van der Waals surface area contributed by atoms with E-state index in [1.807, 2.05) is 31.2 Å². The molecule has 154 valence electrons. The average Bonchev–Trinajstić information content (AvgIpc) is 3.14. The van der Waals surface area contributed by atoms with Crippen LogP contribution in [0.4, 0.5) is 10.7 Å². The zero-order valence-electron chi connectivity index (χ0n) is 17.1. The summed E-state index contributed by atoms with van der Waals surface area (Å²) in [6.07, 6.45) is 7.92. The standard InChI is InChI=1S/C23H29N3O2S/c1-16-8-6-9-17(14-16)24-22(28)21-18-10-7-11-19(18)29-23(21)25-20(27)15-26-12-4-2-3-5-13-26/h6,8-9,14H,2-5,7,10-13,15H2,1H3,(H,24,28)(H,25,27)/p+1. The normalized spacial score (nSPS) is 16.9. The van der Waals surface area contributed by atoms with Gasteiger partial charge in [0.2, 0.25) is 0 Å². The van der Waals surface area contributed by atoms with Crippen LogP contribution in [0, 0.1) is 6.92 Å². The first-order valence-corrected chi connectivity index (χ1v) is 11.6. The van der Waals surface area contributed by atoms with Gasteiger partial charge in [-0.3, -0.25) is 9.59 Å². The number of rotatable bonds is 5. The molecule has 6 heteroatoms. The Hall–Kier alpha value is -2.18. The van der Waals surface area contributed by atoms with Crippen molar-refractivity contribution < 1.29 is 14.5 Å². The van der Waals surface area contributed by atoms with Crippen molar-refractivity contribution >= 4 is 33.8 Å². The third kappa shape index (κ3) is 4.87. The number of thiophene rings is 1. The van der Waals surface area contributed by atoms with E-state index in [1.165, 1.54) is 35.5 Å². The molecule has 2 heterocycles. The van der Waals surface area contributed by atoms with Gasteiger partial charge in [-0.15, -0.1) is 11.3 Å².